The van der Waals surface area contributed by atoms with Gasteiger partial charge in [0, 0.05) is 36.4 Å². The number of aryl methyl sites for hydroxylation is 2. The average Bonchev–Trinajstić information content (AvgIpc) is 2.93. The van der Waals surface area contributed by atoms with Crippen LogP contribution in [-0.2, 0) is 13.5 Å². The molecule has 146 valence electrons. The van der Waals surface area contributed by atoms with Crippen molar-refractivity contribution in [2.24, 2.45) is 7.05 Å². The highest BCUT2D eigenvalue weighted by Crippen LogP contribution is 2.36. The third kappa shape index (κ3) is 3.46. The van der Waals surface area contributed by atoms with Gasteiger partial charge in [0.15, 0.2) is 0 Å². The lowest BCUT2D eigenvalue weighted by molar-refractivity contribution is 0.397. The van der Waals surface area contributed by atoms with Crippen LogP contribution in [0.1, 0.15) is 29.4 Å². The van der Waals surface area contributed by atoms with Crippen LogP contribution in [0.15, 0.2) is 18.3 Å². The average molecular weight is 379 g/mol. The van der Waals surface area contributed by atoms with Crippen LogP contribution < -0.4 is 14.8 Å². The van der Waals surface area contributed by atoms with Crippen LogP contribution in [0, 0.1) is 25.2 Å². The second-order valence-electron chi connectivity index (χ2n) is 6.91. The van der Waals surface area contributed by atoms with Gasteiger partial charge in [-0.2, -0.15) is 10.4 Å². The summed E-state index contributed by atoms with van der Waals surface area (Å²) in [5, 5.41) is 18.4. The Bertz CT molecular complexity index is 1070. The molecule has 0 radical (unpaired) electrons. The number of hydrogen-bond acceptors (Lipinski definition) is 6. The fourth-order valence-electron chi connectivity index (χ4n) is 3.48. The van der Waals surface area contributed by atoms with E-state index in [4.69, 9.17) is 9.47 Å². The van der Waals surface area contributed by atoms with Crippen molar-refractivity contribution in [3.8, 4) is 17.6 Å². The number of pyridine rings is 1. The normalized spacial score (nSPS) is 11.9. The predicted molar refractivity (Wildman–Crippen MR) is 109 cm³/mol. The summed E-state index contributed by atoms with van der Waals surface area (Å²) >= 11 is 0. The minimum atomic E-state index is 0.0801. The number of nitrogens with zero attached hydrogens (tertiary/aromatic N) is 4. The van der Waals surface area contributed by atoms with Crippen molar-refractivity contribution in [3.63, 3.8) is 0 Å². The summed E-state index contributed by atoms with van der Waals surface area (Å²) in [7, 11) is 5.15. The molecular weight excluding hydrogens is 354 g/mol. The Balaban J connectivity index is 2.04. The number of nitrogens with one attached hydrogen (secondary N) is 1. The van der Waals surface area contributed by atoms with Gasteiger partial charge in [0.2, 0.25) is 0 Å². The van der Waals surface area contributed by atoms with Gasteiger partial charge < -0.3 is 14.8 Å². The minimum absolute atomic E-state index is 0.0801. The molecule has 1 atom stereocenters. The quantitative estimate of drug-likeness (QED) is 0.705. The van der Waals surface area contributed by atoms with E-state index in [1.165, 1.54) is 5.56 Å². The molecule has 0 spiro atoms. The Hall–Kier alpha value is -3.27. The highest BCUT2D eigenvalue weighted by molar-refractivity contribution is 5.98. The molecule has 7 nitrogen and oxygen atoms in total. The monoisotopic (exact) mass is 379 g/mol. The molecule has 0 saturated heterocycles. The van der Waals surface area contributed by atoms with Crippen LogP contribution >= 0.6 is 0 Å². The zero-order valence-electron chi connectivity index (χ0n) is 17.1. The van der Waals surface area contributed by atoms with Gasteiger partial charge in [-0.1, -0.05) is 0 Å². The number of fused-ring (bicyclic) bond motifs is 1. The summed E-state index contributed by atoms with van der Waals surface area (Å²) in [5.74, 6) is 1.25. The number of nitriles is 1. The SMILES string of the molecule is COc1cc(OC)c2ncc(C#N)c(NC(C)Cc3c(C)nn(C)c3C)c2c1. The fourth-order valence-corrected chi connectivity index (χ4v) is 3.48. The largest absolute Gasteiger partial charge is 0.497 e. The molecule has 3 aromatic rings. The molecule has 0 fully saturated rings. The summed E-state index contributed by atoms with van der Waals surface area (Å²) in [6.07, 6.45) is 2.37. The van der Waals surface area contributed by atoms with Gasteiger partial charge in [-0.05, 0) is 38.8 Å². The topological polar surface area (TPSA) is 85.0 Å². The van der Waals surface area contributed by atoms with Gasteiger partial charge in [0.1, 0.15) is 23.1 Å². The van der Waals surface area contributed by atoms with E-state index >= 15 is 0 Å². The first kappa shape index (κ1) is 19.5. The lowest BCUT2D eigenvalue weighted by Crippen LogP contribution is -2.20. The second kappa shape index (κ2) is 7.77. The van der Waals surface area contributed by atoms with Crippen molar-refractivity contribution >= 4 is 16.6 Å². The molecule has 0 amide bonds. The van der Waals surface area contributed by atoms with E-state index in [1.807, 2.05) is 24.7 Å². The molecule has 2 aromatic heterocycles. The van der Waals surface area contributed by atoms with E-state index in [2.05, 4.69) is 35.3 Å². The smallest absolute Gasteiger partial charge is 0.148 e. The molecule has 0 aliphatic heterocycles. The van der Waals surface area contributed by atoms with E-state index in [-0.39, 0.29) is 6.04 Å². The standard InChI is InChI=1S/C21H25N5O2/c1-12(7-17-13(2)25-26(4)14(17)3)24-20-15(10-22)11-23-21-18(20)8-16(27-5)9-19(21)28-6/h8-9,11-12H,7H2,1-6H3,(H,23,24). The van der Waals surface area contributed by atoms with Crippen molar-refractivity contribution in [2.45, 2.75) is 33.2 Å². The Morgan fingerprint density at radius 3 is 2.57 bits per heavy atom. The molecular formula is C21H25N5O2. The first-order valence-corrected chi connectivity index (χ1v) is 9.10. The molecule has 1 N–H and O–H groups in total. The van der Waals surface area contributed by atoms with Crippen LogP contribution in [0.4, 0.5) is 5.69 Å². The lowest BCUT2D eigenvalue weighted by atomic mass is 10.0. The summed E-state index contributed by atoms with van der Waals surface area (Å²) < 4.78 is 12.8. The van der Waals surface area contributed by atoms with E-state index < -0.39 is 0 Å². The summed E-state index contributed by atoms with van der Waals surface area (Å²) in [6.45, 7) is 6.18. The Morgan fingerprint density at radius 2 is 2.00 bits per heavy atom. The maximum absolute atomic E-state index is 9.62. The van der Waals surface area contributed by atoms with E-state index in [0.29, 0.717) is 22.6 Å². The van der Waals surface area contributed by atoms with Crippen LogP contribution in [-0.4, -0.2) is 35.0 Å². The zero-order valence-corrected chi connectivity index (χ0v) is 17.1. The van der Waals surface area contributed by atoms with Crippen molar-refractivity contribution in [1.29, 1.82) is 5.26 Å². The molecule has 28 heavy (non-hydrogen) atoms. The van der Waals surface area contributed by atoms with Gasteiger partial charge in [-0.15, -0.1) is 0 Å². The molecule has 7 heteroatoms. The van der Waals surface area contributed by atoms with Crippen LogP contribution in [0.5, 0.6) is 11.5 Å². The van der Waals surface area contributed by atoms with Crippen molar-refractivity contribution in [3.05, 3.63) is 40.8 Å². The fraction of sp³-hybridized carbons (Fsp3) is 0.381. The van der Waals surface area contributed by atoms with E-state index in [1.54, 1.807) is 26.5 Å². The Morgan fingerprint density at radius 1 is 1.25 bits per heavy atom. The Labute approximate surface area is 164 Å². The number of aromatic nitrogens is 3. The summed E-state index contributed by atoms with van der Waals surface area (Å²) in [5.41, 5.74) is 5.29. The highest BCUT2D eigenvalue weighted by atomic mass is 16.5. The first-order valence-electron chi connectivity index (χ1n) is 9.10. The summed E-state index contributed by atoms with van der Waals surface area (Å²) in [4.78, 5) is 4.43. The van der Waals surface area contributed by atoms with Crippen molar-refractivity contribution in [2.75, 3.05) is 19.5 Å². The molecule has 0 saturated carbocycles. The zero-order chi connectivity index (χ0) is 20.4. The van der Waals surface area contributed by atoms with Crippen LogP contribution in [0.3, 0.4) is 0 Å². The maximum Gasteiger partial charge on any atom is 0.148 e. The van der Waals surface area contributed by atoms with Crippen molar-refractivity contribution in [1.82, 2.24) is 14.8 Å². The first-order chi connectivity index (χ1) is 13.4. The number of rotatable bonds is 6. The van der Waals surface area contributed by atoms with Crippen molar-refractivity contribution < 1.29 is 9.47 Å². The van der Waals surface area contributed by atoms with Gasteiger partial charge in [-0.3, -0.25) is 9.67 Å². The molecule has 1 unspecified atom stereocenters. The number of hydrogen-bond donors (Lipinski definition) is 1. The number of ether oxygens (including phenoxy) is 2. The van der Waals surface area contributed by atoms with Gasteiger partial charge in [0.25, 0.3) is 0 Å². The number of methoxy groups -OCH3 is 2. The molecule has 3 rings (SSSR count). The molecule has 2 heterocycles. The van der Waals surface area contributed by atoms with E-state index in [0.717, 1.165) is 28.9 Å². The van der Waals surface area contributed by atoms with E-state index in [9.17, 15) is 5.26 Å². The minimum Gasteiger partial charge on any atom is -0.497 e. The second-order valence-corrected chi connectivity index (χ2v) is 6.91. The number of benzene rings is 1. The third-order valence-corrected chi connectivity index (χ3v) is 5.05. The highest BCUT2D eigenvalue weighted by Gasteiger charge is 2.18. The number of anilines is 1. The van der Waals surface area contributed by atoms with Gasteiger partial charge in [0.05, 0.1) is 31.2 Å². The molecule has 0 aliphatic carbocycles. The molecule has 1 aromatic carbocycles. The molecule has 0 aliphatic rings. The van der Waals surface area contributed by atoms with Gasteiger partial charge in [-0.25, -0.2) is 0 Å². The third-order valence-electron chi connectivity index (χ3n) is 5.05. The van der Waals surface area contributed by atoms with Gasteiger partial charge >= 0.3 is 0 Å². The predicted octanol–water partition coefficient (Wildman–Crippen LogP) is 3.52. The maximum atomic E-state index is 9.62. The molecule has 0 bridgehead atoms. The van der Waals surface area contributed by atoms with Crippen LogP contribution in [0.25, 0.3) is 10.9 Å². The van der Waals surface area contributed by atoms with Crippen LogP contribution in [0.2, 0.25) is 0 Å². The summed E-state index contributed by atoms with van der Waals surface area (Å²) in [6, 6.07) is 5.98. The Kier molecular flexibility index (Phi) is 5.41. The lowest BCUT2D eigenvalue weighted by Gasteiger charge is -2.19.